The van der Waals surface area contributed by atoms with E-state index in [1.165, 1.54) is 62.4 Å². The quantitative estimate of drug-likeness (QED) is 0.00964. The van der Waals surface area contributed by atoms with Gasteiger partial charge in [0.2, 0.25) is 82.5 Å². The molecule has 0 aliphatic carbocycles. The summed E-state index contributed by atoms with van der Waals surface area (Å²) in [5.41, 5.74) is 8.49. The number of phenols is 2. The number of hydrazine groups is 1. The van der Waals surface area contributed by atoms with Crippen molar-refractivity contribution >= 4 is 251 Å². The highest BCUT2D eigenvalue weighted by Gasteiger charge is 2.41. The van der Waals surface area contributed by atoms with Crippen LogP contribution in [0.15, 0.2) is 48.5 Å². The highest BCUT2D eigenvalue weighted by molar-refractivity contribution is 7.81. The number of carboxylic acids is 1. The third-order valence-corrected chi connectivity index (χ3v) is 17.6. The van der Waals surface area contributed by atoms with E-state index in [1.807, 2.05) is 0 Å². The summed E-state index contributed by atoms with van der Waals surface area (Å²) in [6.07, 6.45) is -4.01. The van der Waals surface area contributed by atoms with E-state index in [1.54, 1.807) is 0 Å². The first-order chi connectivity index (χ1) is 48.2. The fourth-order valence-corrected chi connectivity index (χ4v) is 11.3. The highest BCUT2D eigenvalue weighted by Crippen LogP contribution is 2.20. The van der Waals surface area contributed by atoms with Crippen LogP contribution in [0.1, 0.15) is 57.1 Å². The number of nitrogens with one attached hydrogen (secondary N) is 12. The number of rotatable bonds is 44. The van der Waals surface area contributed by atoms with Gasteiger partial charge in [0.05, 0.1) is 32.2 Å². The molecule has 2 aromatic carbocycles. The average molecular weight is 1750 g/mol. The standard InChI is InChI=1S/C60H87N15O21S6.6H2S/c1-27(64-54(89)39(23-99)72-58(93)47(28(2)76)73-45(80)20-63-50(85)42(26-102)74-62)59(94)75-16-4-5-43(75)57(92)68-35(19-44(61)79)53(88)70-41(25-101)56(91)71-40(24-100)55(90)67-34(17-29-6-10-31(77)11-7-29)52(87)66-33(14-15-46(81)82)51(86)69-38(22-98)49(84)48(83)37(21-97)65-36(60(95)96-3)18-30-8-12-32(78)13-9-30;;;;;;/h6-13,27-28,33-43,47,65,74,76-78,97-102H,4-5,14-26,62H2,1-3H3,(H2,61,79)(H,63,85)(H,64,89)(H,66,87)(H,67,90)(H,68,92)(H,69,86)(H,70,88)(H,71,91)(H,72,93)(H,73,80)(H,81,82);6*1H2/t27?,28-,33?,34+,35?,36?,37+,38+,39+,40?,41+,42+,43+,47+;;;;;;/m1....../s1. The van der Waals surface area contributed by atoms with Crippen LogP contribution in [-0.4, -0.2) is 259 Å². The van der Waals surface area contributed by atoms with E-state index in [2.05, 4.69) is 140 Å². The number of ether oxygens (including phenoxy) is 1. The molecule has 3 rings (SSSR count). The van der Waals surface area contributed by atoms with E-state index in [9.17, 15) is 97.1 Å². The van der Waals surface area contributed by atoms with E-state index < -0.39 is 229 Å². The SMILES string of the molecule is COC(=O)C(Cc1ccc(O)cc1)N[C@@H](CS)C(=O)C(=O)[C@H](CS)NC(=O)C(CCC(=O)O)NC(=O)[C@H](Cc1ccc(O)cc1)NC(=O)C(CS)NC(=O)[C@H](CS)NC(=O)C(CC(N)=O)NC(=O)[C@@H]1CCCN1C(=O)C(C)NC(=O)[C@H](CS)NC(=O)[C@@H](NC(=O)CNC(=O)[C@H](CS)NN)[C@@H](C)O.S.S.S.S.S.S. The van der Waals surface area contributed by atoms with Crippen molar-refractivity contribution < 1.29 is 102 Å². The van der Waals surface area contributed by atoms with Crippen molar-refractivity contribution in [2.75, 3.05) is 54.7 Å². The molecule has 20 N–H and O–H groups in total. The summed E-state index contributed by atoms with van der Waals surface area (Å²) in [5.74, 6) is -14.2. The van der Waals surface area contributed by atoms with Gasteiger partial charge in [-0.05, 0) is 74.9 Å². The molecule has 1 saturated heterocycles. The molecule has 5 unspecified atom stereocenters. The molecule has 2 aromatic rings. The Morgan fingerprint density at radius 1 is 0.519 bits per heavy atom. The Hall–Kier alpha value is -6.00. The number of thiol groups is 6. The van der Waals surface area contributed by atoms with Crippen molar-refractivity contribution in [3.8, 4) is 11.5 Å². The summed E-state index contributed by atoms with van der Waals surface area (Å²) in [7, 11) is 1.09. The van der Waals surface area contributed by atoms with Crippen molar-refractivity contribution in [1.29, 1.82) is 0 Å². The number of nitrogens with two attached hydrogens (primary N) is 2. The molecular formula is C60H99N15O21S12. The maximum Gasteiger partial charge on any atom is 0.323 e. The Kier molecular flexibility index (Phi) is 55.6. The van der Waals surface area contributed by atoms with Gasteiger partial charge in [0, 0.05) is 53.9 Å². The second-order valence-electron chi connectivity index (χ2n) is 23.0. The van der Waals surface area contributed by atoms with Crippen LogP contribution in [0.25, 0.3) is 0 Å². The van der Waals surface area contributed by atoms with Gasteiger partial charge < -0.3 is 89.0 Å². The van der Waals surface area contributed by atoms with E-state index in [0.717, 1.165) is 12.0 Å². The Bertz CT molecular complexity index is 3330. The summed E-state index contributed by atoms with van der Waals surface area (Å²) >= 11 is 24.8. The number of likely N-dealkylation sites (tertiary alicyclic amines) is 1. The smallest absolute Gasteiger partial charge is 0.323 e. The zero-order valence-corrected chi connectivity index (χ0v) is 69.7. The first-order valence-corrected chi connectivity index (χ1v) is 35.1. The molecule has 14 atom stereocenters. The fraction of sp³-hybridized carbons (Fsp3) is 0.533. The Labute approximate surface area is 697 Å². The molecule has 1 aliphatic rings. The number of carbonyl (C=O) groups excluding carboxylic acids is 15. The number of ketones is 2. The fourth-order valence-electron chi connectivity index (χ4n) is 9.77. The molecule has 36 nitrogen and oxygen atoms in total. The topological polar surface area (TPSA) is 563 Å². The number of nitrogens with zero attached hydrogens (tertiary/aromatic N) is 1. The maximum absolute atomic E-state index is 14.4. The lowest BCUT2D eigenvalue weighted by molar-refractivity contribution is -0.144. The van der Waals surface area contributed by atoms with Gasteiger partial charge in [-0.25, -0.2) is 5.43 Å². The lowest BCUT2D eigenvalue weighted by atomic mass is 10.0. The number of carbonyl (C=O) groups is 16. The second kappa shape index (κ2) is 55.4. The zero-order valence-electron chi connectivity index (χ0n) is 58.3. The van der Waals surface area contributed by atoms with Gasteiger partial charge in [-0.15, -0.1) is 0 Å². The summed E-state index contributed by atoms with van der Waals surface area (Å²) in [6, 6.07) is -8.84. The molecule has 0 aromatic heterocycles. The van der Waals surface area contributed by atoms with Crippen LogP contribution in [0, 0.1) is 0 Å². The van der Waals surface area contributed by atoms with Crippen LogP contribution in [-0.2, 0) is 94.3 Å². The molecule has 0 bridgehead atoms. The molecule has 0 saturated carbocycles. The van der Waals surface area contributed by atoms with Crippen molar-refractivity contribution in [3.05, 3.63) is 59.7 Å². The van der Waals surface area contributed by atoms with Crippen molar-refractivity contribution in [1.82, 2.24) is 68.8 Å². The summed E-state index contributed by atoms with van der Waals surface area (Å²) < 4.78 is 4.89. The van der Waals surface area contributed by atoms with Crippen molar-refractivity contribution in [2.24, 2.45) is 11.6 Å². The zero-order chi connectivity index (χ0) is 76.7. The van der Waals surface area contributed by atoms with Crippen LogP contribution in [0.3, 0.4) is 0 Å². The normalized spacial score (nSPS) is 15.5. The first kappa shape index (κ1) is 108. The number of phenolic OH excluding ortho intramolecular Hbond substituents is 2. The number of Topliss-reactive ketones (excluding diaryl/α,β-unsaturated/α-hetero) is 2. The van der Waals surface area contributed by atoms with E-state index in [0.29, 0.717) is 11.1 Å². The average Bonchev–Trinajstić information content (AvgIpc) is 1.54. The minimum Gasteiger partial charge on any atom is -0.508 e. The van der Waals surface area contributed by atoms with Crippen LogP contribution in [0.2, 0.25) is 0 Å². The third kappa shape index (κ3) is 35.6. The number of methoxy groups -OCH3 is 1. The minimum atomic E-state index is -1.81. The van der Waals surface area contributed by atoms with Crippen molar-refractivity contribution in [3.63, 3.8) is 0 Å². The van der Waals surface area contributed by atoms with Gasteiger partial charge in [-0.1, -0.05) is 24.3 Å². The summed E-state index contributed by atoms with van der Waals surface area (Å²) in [4.78, 5) is 215. The van der Waals surface area contributed by atoms with Gasteiger partial charge in [0.25, 0.3) is 0 Å². The van der Waals surface area contributed by atoms with Gasteiger partial charge in [-0.3, -0.25) is 87.9 Å². The monoisotopic (exact) mass is 1750 g/mol. The largest absolute Gasteiger partial charge is 0.508 e. The number of aliphatic carboxylic acids is 1. The first-order valence-electron chi connectivity index (χ1n) is 31.3. The number of amides is 12. The number of hydrogen-bond donors (Lipinski definition) is 24. The Morgan fingerprint density at radius 3 is 1.37 bits per heavy atom. The molecule has 612 valence electrons. The number of aliphatic hydroxyl groups is 1. The van der Waals surface area contributed by atoms with Gasteiger partial charge in [0.1, 0.15) is 84.0 Å². The van der Waals surface area contributed by atoms with E-state index in [4.69, 9.17) is 16.3 Å². The molecule has 108 heavy (non-hydrogen) atoms. The molecule has 12 amide bonds. The second-order valence-corrected chi connectivity index (χ2v) is 25.2. The van der Waals surface area contributed by atoms with Gasteiger partial charge in [0.15, 0.2) is 0 Å². The van der Waals surface area contributed by atoms with E-state index >= 15 is 0 Å². The molecule has 1 aliphatic heterocycles. The Balaban J connectivity index is -0.00000901. The van der Waals surface area contributed by atoms with Gasteiger partial charge in [-0.2, -0.15) is 157 Å². The predicted octanol–water partition coefficient (Wildman–Crippen LogP) is -6.78. The molecular weight excluding hydrogens is 1650 g/mol. The van der Waals surface area contributed by atoms with Gasteiger partial charge >= 0.3 is 11.9 Å². The summed E-state index contributed by atoms with van der Waals surface area (Å²) in [6.45, 7) is 1.74. The predicted molar refractivity (Wildman–Crippen MR) is 446 cm³/mol. The highest BCUT2D eigenvalue weighted by atomic mass is 32.1. The van der Waals surface area contributed by atoms with Crippen LogP contribution in [0.5, 0.6) is 11.5 Å². The molecule has 48 heteroatoms. The lowest BCUT2D eigenvalue weighted by Crippen LogP contribution is -2.61. The number of aromatic hydroxyl groups is 2. The molecule has 1 fully saturated rings. The molecule has 1 heterocycles. The number of carboxylic acid groups (broad SMARTS) is 1. The maximum atomic E-state index is 14.4. The third-order valence-electron chi connectivity index (χ3n) is 15.4. The number of hydrogen-bond acceptors (Lipinski definition) is 29. The Morgan fingerprint density at radius 2 is 0.926 bits per heavy atom. The number of benzene rings is 2. The molecule has 0 radical (unpaired) electrons. The number of primary amides is 1. The number of aliphatic hydroxyl groups excluding tert-OH is 1. The molecule has 0 spiro atoms. The van der Waals surface area contributed by atoms with Crippen LogP contribution >= 0.6 is 157 Å². The van der Waals surface area contributed by atoms with Crippen LogP contribution < -0.4 is 75.5 Å². The van der Waals surface area contributed by atoms with E-state index in [-0.39, 0.29) is 136 Å². The minimum absolute atomic E-state index is 0. The van der Waals surface area contributed by atoms with Crippen molar-refractivity contribution in [2.45, 2.75) is 143 Å². The van der Waals surface area contributed by atoms with Crippen LogP contribution in [0.4, 0.5) is 0 Å². The number of esters is 1. The lowest BCUT2D eigenvalue weighted by Gasteiger charge is -2.29. The summed E-state index contributed by atoms with van der Waals surface area (Å²) in [5, 5.41) is 65.9.